The number of benzene rings is 1. The molecule has 2 aromatic rings. The first-order chi connectivity index (χ1) is 10.6. The minimum absolute atomic E-state index is 0.283. The third-order valence-corrected chi connectivity index (χ3v) is 4.18. The van der Waals surface area contributed by atoms with Crippen LogP contribution in [0.1, 0.15) is 25.0 Å². The van der Waals surface area contributed by atoms with E-state index in [1.165, 1.54) is 4.90 Å². The molecule has 1 aromatic heterocycles. The van der Waals surface area contributed by atoms with Crippen molar-refractivity contribution in [1.29, 1.82) is 0 Å². The SMILES string of the molecule is CC(C)[NH+]1CNc2c(c(=O)[nH]c(=O)n2Cc2ccccc2)C1. The molecule has 0 radical (unpaired) electrons. The molecule has 0 saturated heterocycles. The van der Waals surface area contributed by atoms with E-state index >= 15 is 0 Å². The van der Waals surface area contributed by atoms with Gasteiger partial charge in [-0.1, -0.05) is 30.3 Å². The van der Waals surface area contributed by atoms with Crippen LogP contribution >= 0.6 is 0 Å². The van der Waals surface area contributed by atoms with Gasteiger partial charge in [0.25, 0.3) is 5.56 Å². The first kappa shape index (κ1) is 14.6. The number of nitrogens with one attached hydrogen (secondary N) is 3. The number of hydrogen-bond acceptors (Lipinski definition) is 3. The number of rotatable bonds is 3. The van der Waals surface area contributed by atoms with Crippen molar-refractivity contribution in [3.05, 3.63) is 62.3 Å². The molecular weight excluding hydrogens is 280 g/mol. The van der Waals surface area contributed by atoms with Crippen LogP contribution in [0.5, 0.6) is 0 Å². The Morgan fingerprint density at radius 1 is 1.23 bits per heavy atom. The van der Waals surface area contributed by atoms with Crippen LogP contribution in [-0.2, 0) is 13.1 Å². The van der Waals surface area contributed by atoms with Crippen LogP contribution in [0.25, 0.3) is 0 Å². The highest BCUT2D eigenvalue weighted by atomic mass is 16.2. The third-order valence-electron chi connectivity index (χ3n) is 4.18. The highest BCUT2D eigenvalue weighted by Gasteiger charge is 2.26. The minimum atomic E-state index is -0.367. The van der Waals surface area contributed by atoms with Crippen LogP contribution in [0.3, 0.4) is 0 Å². The molecule has 3 rings (SSSR count). The lowest BCUT2D eigenvalue weighted by atomic mass is 10.2. The number of H-pyrrole nitrogens is 1. The summed E-state index contributed by atoms with van der Waals surface area (Å²) < 4.78 is 1.61. The normalized spacial score (nSPS) is 17.1. The van der Waals surface area contributed by atoms with Crippen molar-refractivity contribution in [2.45, 2.75) is 33.0 Å². The first-order valence-corrected chi connectivity index (χ1v) is 7.54. The third kappa shape index (κ3) is 2.69. The lowest BCUT2D eigenvalue weighted by Crippen LogP contribution is -3.15. The maximum Gasteiger partial charge on any atom is 0.330 e. The number of fused-ring (bicyclic) bond motifs is 1. The zero-order valence-corrected chi connectivity index (χ0v) is 12.8. The van der Waals surface area contributed by atoms with Crippen LogP contribution in [0, 0.1) is 0 Å². The summed E-state index contributed by atoms with van der Waals surface area (Å²) >= 11 is 0. The maximum absolute atomic E-state index is 12.2. The molecule has 0 aliphatic carbocycles. The summed E-state index contributed by atoms with van der Waals surface area (Å²) in [6, 6.07) is 10.2. The first-order valence-electron chi connectivity index (χ1n) is 7.54. The number of nitrogens with zero attached hydrogens (tertiary/aromatic N) is 1. The monoisotopic (exact) mass is 301 g/mol. The maximum atomic E-state index is 12.2. The largest absolute Gasteiger partial charge is 0.330 e. The van der Waals surface area contributed by atoms with Gasteiger partial charge >= 0.3 is 5.69 Å². The zero-order valence-electron chi connectivity index (χ0n) is 12.8. The Kier molecular flexibility index (Phi) is 3.85. The van der Waals surface area contributed by atoms with Crippen LogP contribution in [0.15, 0.2) is 39.9 Å². The van der Waals surface area contributed by atoms with Crippen LogP contribution < -0.4 is 21.5 Å². The van der Waals surface area contributed by atoms with Gasteiger partial charge in [0.1, 0.15) is 17.9 Å². The smallest absolute Gasteiger partial charge is 0.324 e. The van der Waals surface area contributed by atoms with Crippen molar-refractivity contribution in [3.63, 3.8) is 0 Å². The molecule has 6 nitrogen and oxygen atoms in total. The van der Waals surface area contributed by atoms with E-state index in [-0.39, 0.29) is 11.2 Å². The molecule has 22 heavy (non-hydrogen) atoms. The van der Waals surface area contributed by atoms with E-state index in [2.05, 4.69) is 24.1 Å². The molecule has 6 heteroatoms. The Morgan fingerprint density at radius 3 is 2.64 bits per heavy atom. The van der Waals surface area contributed by atoms with E-state index < -0.39 is 0 Å². The fourth-order valence-electron chi connectivity index (χ4n) is 2.79. The molecule has 0 bridgehead atoms. The summed E-state index contributed by atoms with van der Waals surface area (Å²) in [6.07, 6.45) is 0. The van der Waals surface area contributed by atoms with Gasteiger partial charge < -0.3 is 10.2 Å². The van der Waals surface area contributed by atoms with E-state index in [1.807, 2.05) is 30.3 Å². The molecule has 1 aromatic carbocycles. The molecular formula is C16H21N4O2+. The van der Waals surface area contributed by atoms with Crippen molar-refractivity contribution in [2.75, 3.05) is 12.0 Å². The van der Waals surface area contributed by atoms with Gasteiger partial charge in [0.15, 0.2) is 6.67 Å². The fourth-order valence-corrected chi connectivity index (χ4v) is 2.79. The van der Waals surface area contributed by atoms with Gasteiger partial charge in [-0.3, -0.25) is 14.3 Å². The number of quaternary nitrogens is 1. The molecule has 1 aliphatic rings. The van der Waals surface area contributed by atoms with Gasteiger partial charge in [-0.25, -0.2) is 4.79 Å². The fraction of sp³-hybridized carbons (Fsp3) is 0.375. The number of aromatic amines is 1. The van der Waals surface area contributed by atoms with Crippen LogP contribution in [0.4, 0.5) is 5.82 Å². The molecule has 1 aliphatic heterocycles. The molecule has 0 spiro atoms. The quantitative estimate of drug-likeness (QED) is 0.733. The average Bonchev–Trinajstić information content (AvgIpc) is 2.52. The summed E-state index contributed by atoms with van der Waals surface area (Å²) in [4.78, 5) is 28.1. The molecule has 1 unspecified atom stereocenters. The molecule has 0 fully saturated rings. The predicted molar refractivity (Wildman–Crippen MR) is 85.2 cm³/mol. The summed E-state index contributed by atoms with van der Waals surface area (Å²) in [5.41, 5.74) is 1.03. The molecule has 0 saturated carbocycles. The summed E-state index contributed by atoms with van der Waals surface area (Å²) in [7, 11) is 0. The standard InChI is InChI=1S/C16H20N4O2/c1-11(2)19-9-13-14(17-10-19)20(16(22)18-15(13)21)8-12-6-4-3-5-7-12/h3-7,11,17H,8-10H2,1-2H3,(H,18,21,22)/p+1. The highest BCUT2D eigenvalue weighted by molar-refractivity contribution is 5.44. The molecule has 0 amide bonds. The number of aromatic nitrogens is 2. The van der Waals surface area contributed by atoms with Crippen LogP contribution in [0.2, 0.25) is 0 Å². The van der Waals surface area contributed by atoms with E-state index in [4.69, 9.17) is 0 Å². The Balaban J connectivity index is 2.04. The molecule has 1 atom stereocenters. The van der Waals surface area contributed by atoms with Gasteiger partial charge in [-0.05, 0) is 19.4 Å². The van der Waals surface area contributed by atoms with E-state index in [1.54, 1.807) is 4.57 Å². The highest BCUT2D eigenvalue weighted by Crippen LogP contribution is 2.12. The van der Waals surface area contributed by atoms with E-state index in [9.17, 15) is 9.59 Å². The average molecular weight is 301 g/mol. The van der Waals surface area contributed by atoms with Gasteiger partial charge in [-0.2, -0.15) is 0 Å². The second kappa shape index (κ2) is 5.81. The van der Waals surface area contributed by atoms with Crippen molar-refractivity contribution < 1.29 is 4.90 Å². The van der Waals surface area contributed by atoms with Gasteiger partial charge in [0.2, 0.25) is 0 Å². The number of hydrogen-bond donors (Lipinski definition) is 3. The molecule has 116 valence electrons. The van der Waals surface area contributed by atoms with E-state index in [0.717, 1.165) is 5.56 Å². The summed E-state index contributed by atoms with van der Waals surface area (Å²) in [6.45, 7) is 6.03. The van der Waals surface area contributed by atoms with Crippen molar-refractivity contribution in [3.8, 4) is 0 Å². The second-order valence-corrected chi connectivity index (χ2v) is 6.00. The topological polar surface area (TPSA) is 71.3 Å². The Labute approximate surface area is 128 Å². The predicted octanol–water partition coefficient (Wildman–Crippen LogP) is -0.239. The van der Waals surface area contributed by atoms with Crippen molar-refractivity contribution >= 4 is 5.82 Å². The molecule has 2 heterocycles. The Hall–Kier alpha value is -2.34. The van der Waals surface area contributed by atoms with Crippen molar-refractivity contribution in [2.24, 2.45) is 0 Å². The Morgan fingerprint density at radius 2 is 1.95 bits per heavy atom. The van der Waals surface area contributed by atoms with Gasteiger partial charge in [0, 0.05) is 0 Å². The van der Waals surface area contributed by atoms with Gasteiger partial charge in [-0.15, -0.1) is 0 Å². The second-order valence-electron chi connectivity index (χ2n) is 6.00. The summed E-state index contributed by atoms with van der Waals surface area (Å²) in [5, 5.41) is 3.27. The van der Waals surface area contributed by atoms with Gasteiger partial charge in [0.05, 0.1) is 12.6 Å². The molecule has 3 N–H and O–H groups in total. The minimum Gasteiger partial charge on any atom is -0.324 e. The van der Waals surface area contributed by atoms with Crippen LogP contribution in [-0.4, -0.2) is 22.3 Å². The number of anilines is 1. The Bertz CT molecular complexity index is 777. The summed E-state index contributed by atoms with van der Waals surface area (Å²) in [5.74, 6) is 0.655. The van der Waals surface area contributed by atoms with Crippen molar-refractivity contribution in [1.82, 2.24) is 9.55 Å². The zero-order chi connectivity index (χ0) is 15.7. The lowest BCUT2D eigenvalue weighted by molar-refractivity contribution is -0.933. The lowest BCUT2D eigenvalue weighted by Gasteiger charge is -2.30. The van der Waals surface area contributed by atoms with E-state index in [0.29, 0.717) is 37.2 Å².